The molecule has 3 aromatic carbocycles. The maximum atomic E-state index is 13.8. The predicted octanol–water partition coefficient (Wildman–Crippen LogP) is 9.26. The molecule has 0 saturated heterocycles. The van der Waals surface area contributed by atoms with Crippen LogP contribution in [0.3, 0.4) is 0 Å². The lowest BCUT2D eigenvalue weighted by molar-refractivity contribution is -0.0500. The first-order valence-electron chi connectivity index (χ1n) is 18.9. The van der Waals surface area contributed by atoms with Gasteiger partial charge in [0, 0.05) is 56.1 Å². The van der Waals surface area contributed by atoms with E-state index in [0.29, 0.717) is 50.3 Å². The Bertz CT molecular complexity index is 2280. The lowest BCUT2D eigenvalue weighted by atomic mass is 9.80. The van der Waals surface area contributed by atoms with Crippen molar-refractivity contribution in [2.75, 3.05) is 31.6 Å². The Hall–Kier alpha value is -4.65. The smallest absolute Gasteiger partial charge is 0.387 e. The zero-order valence-electron chi connectivity index (χ0n) is 31.2. The van der Waals surface area contributed by atoms with Crippen molar-refractivity contribution >= 4 is 40.6 Å². The summed E-state index contributed by atoms with van der Waals surface area (Å²) in [6.45, 7) is 5.26. The van der Waals surface area contributed by atoms with E-state index in [1.807, 2.05) is 48.9 Å². The van der Waals surface area contributed by atoms with Gasteiger partial charge in [-0.15, -0.1) is 0 Å². The molecule has 1 amide bonds. The van der Waals surface area contributed by atoms with Crippen LogP contribution in [0, 0.1) is 17.8 Å². The van der Waals surface area contributed by atoms with Crippen LogP contribution in [0.2, 0.25) is 5.02 Å². The highest BCUT2D eigenvalue weighted by Crippen LogP contribution is 2.63. The molecule has 0 spiro atoms. The Balaban J connectivity index is 0.973. The fourth-order valence-corrected chi connectivity index (χ4v) is 9.51. The molecular formula is C42H44ClF2N5O5. The van der Waals surface area contributed by atoms with Crippen LogP contribution in [-0.2, 0) is 24.8 Å². The minimum Gasteiger partial charge on any atom is -0.436 e. The number of amides is 1. The third-order valence-corrected chi connectivity index (χ3v) is 12.6. The number of ether oxygens (including phenoxy) is 2. The fourth-order valence-electron chi connectivity index (χ4n) is 9.23. The van der Waals surface area contributed by atoms with Gasteiger partial charge in [0.25, 0.3) is 5.91 Å². The summed E-state index contributed by atoms with van der Waals surface area (Å²) in [5.74, 6) is -0.0644. The Morgan fingerprint density at radius 3 is 2.58 bits per heavy atom. The molecule has 2 saturated carbocycles. The molecule has 0 atom stereocenters. The molecule has 2 bridgehead atoms. The maximum Gasteiger partial charge on any atom is 0.387 e. The fraction of sp³-hybridized carbons (Fsp3) is 0.429. The van der Waals surface area contributed by atoms with Gasteiger partial charge >= 0.3 is 6.61 Å². The SMILES string of the molecule is CCOCC12CCC(CCN3CCc4c(nc(C(=O)Nc5cccc(-c6cccc(-c7nc8cc(C=O)c(OC(F)F)cc8o7)c6C)c5Cl)n4C)C3)(CC1)C2. The van der Waals surface area contributed by atoms with Crippen molar-refractivity contribution in [3.63, 3.8) is 0 Å². The molecule has 8 rings (SSSR count). The van der Waals surface area contributed by atoms with Gasteiger partial charge in [0.05, 0.1) is 28.6 Å². The number of halogens is 3. The third-order valence-electron chi connectivity index (χ3n) is 12.2. The number of alkyl halides is 2. The largest absolute Gasteiger partial charge is 0.436 e. The van der Waals surface area contributed by atoms with Gasteiger partial charge in [-0.05, 0) is 99.1 Å². The van der Waals surface area contributed by atoms with Crippen LogP contribution in [0.4, 0.5) is 14.5 Å². The number of nitrogens with zero attached hydrogens (tertiary/aromatic N) is 4. The van der Waals surface area contributed by atoms with Crippen molar-refractivity contribution in [2.24, 2.45) is 17.9 Å². The van der Waals surface area contributed by atoms with Crippen molar-refractivity contribution in [2.45, 2.75) is 71.9 Å². The Morgan fingerprint density at radius 1 is 1.07 bits per heavy atom. The Kier molecular flexibility index (Phi) is 10.0. The number of rotatable bonds is 13. The molecule has 0 unspecified atom stereocenters. The number of hydrogen-bond donors (Lipinski definition) is 1. The Morgan fingerprint density at radius 2 is 1.82 bits per heavy atom. The summed E-state index contributed by atoms with van der Waals surface area (Å²) in [5.41, 5.74) is 6.62. The van der Waals surface area contributed by atoms with E-state index < -0.39 is 6.61 Å². The van der Waals surface area contributed by atoms with Gasteiger partial charge in [0.2, 0.25) is 5.89 Å². The van der Waals surface area contributed by atoms with Crippen LogP contribution >= 0.6 is 11.6 Å². The standard InChI is InChI=1S/C42H44ClF2N5O5/c1-4-53-24-42-14-12-41(23-42,13-15-42)16-18-50-17-11-33-32(21-50)46-37(49(33)3)38(52)47-30-10-6-9-29(36(30)43)27-7-5-8-28(25(27)2)39-48-31-19-26(22-51)34(55-40(44)45)20-35(31)54-39/h5-10,19-20,22,40H,4,11-18,21,23-24H2,1-3H3,(H,47,52). The van der Waals surface area contributed by atoms with Crippen LogP contribution in [0.25, 0.3) is 33.7 Å². The van der Waals surface area contributed by atoms with Gasteiger partial charge in [0.1, 0.15) is 11.3 Å². The monoisotopic (exact) mass is 771 g/mol. The van der Waals surface area contributed by atoms with E-state index in [-0.39, 0.29) is 28.7 Å². The van der Waals surface area contributed by atoms with E-state index in [2.05, 4.69) is 26.9 Å². The summed E-state index contributed by atoms with van der Waals surface area (Å²) in [6.07, 6.45) is 8.92. The summed E-state index contributed by atoms with van der Waals surface area (Å²) in [5, 5.41) is 3.36. The lowest BCUT2D eigenvalue weighted by Crippen LogP contribution is -2.34. The van der Waals surface area contributed by atoms with Crippen LogP contribution < -0.4 is 10.1 Å². The van der Waals surface area contributed by atoms with Crippen molar-refractivity contribution in [3.05, 3.63) is 81.9 Å². The minimum absolute atomic E-state index is 0.0654. The molecule has 10 nitrogen and oxygen atoms in total. The number of nitrogens with one attached hydrogen (secondary N) is 1. The molecule has 2 fully saturated rings. The highest BCUT2D eigenvalue weighted by molar-refractivity contribution is 6.36. The zero-order chi connectivity index (χ0) is 38.5. The minimum atomic E-state index is -3.10. The summed E-state index contributed by atoms with van der Waals surface area (Å²) in [4.78, 5) is 37.2. The lowest BCUT2D eigenvalue weighted by Gasteiger charge is -2.32. The van der Waals surface area contributed by atoms with Gasteiger partial charge in [0.15, 0.2) is 17.7 Å². The van der Waals surface area contributed by atoms with Crippen LogP contribution in [0.15, 0.2) is 52.9 Å². The molecule has 2 aromatic heterocycles. The molecule has 1 N–H and O–H groups in total. The third kappa shape index (κ3) is 7.04. The number of carbonyl (C=O) groups excluding carboxylic acids is 2. The highest BCUT2D eigenvalue weighted by atomic mass is 35.5. The van der Waals surface area contributed by atoms with Crippen LogP contribution in [0.1, 0.15) is 83.4 Å². The quantitative estimate of drug-likeness (QED) is 0.118. The molecular weight excluding hydrogens is 728 g/mol. The number of hydrogen-bond acceptors (Lipinski definition) is 8. The van der Waals surface area contributed by atoms with Crippen molar-refractivity contribution in [1.82, 2.24) is 19.4 Å². The summed E-state index contributed by atoms with van der Waals surface area (Å²) in [6, 6.07) is 13.6. The number of oxazole rings is 1. The van der Waals surface area contributed by atoms with Gasteiger partial charge in [-0.1, -0.05) is 35.9 Å². The van der Waals surface area contributed by atoms with Crippen LogP contribution in [0.5, 0.6) is 5.75 Å². The average Bonchev–Trinajstić information content (AvgIpc) is 3.94. The second-order valence-corrected chi connectivity index (χ2v) is 15.8. The molecule has 0 radical (unpaired) electrons. The van der Waals surface area contributed by atoms with Gasteiger partial charge in [-0.2, -0.15) is 8.78 Å². The number of benzene rings is 3. The number of anilines is 1. The molecule has 13 heteroatoms. The predicted molar refractivity (Wildman–Crippen MR) is 206 cm³/mol. The van der Waals surface area contributed by atoms with E-state index >= 15 is 0 Å². The zero-order valence-corrected chi connectivity index (χ0v) is 32.0. The molecule has 2 aliphatic carbocycles. The second-order valence-electron chi connectivity index (χ2n) is 15.5. The Labute approximate surface area is 323 Å². The van der Waals surface area contributed by atoms with Gasteiger partial charge in [-0.25, -0.2) is 9.97 Å². The number of aromatic nitrogens is 3. The second kappa shape index (κ2) is 14.8. The summed E-state index contributed by atoms with van der Waals surface area (Å²) >= 11 is 7.01. The van der Waals surface area contributed by atoms with E-state index in [9.17, 15) is 18.4 Å². The van der Waals surface area contributed by atoms with E-state index in [0.717, 1.165) is 61.8 Å². The molecule has 5 aromatic rings. The first-order valence-corrected chi connectivity index (χ1v) is 19.3. The molecule has 55 heavy (non-hydrogen) atoms. The normalized spacial score (nSPS) is 20.7. The average molecular weight is 772 g/mol. The van der Waals surface area contributed by atoms with Gasteiger partial charge in [-0.3, -0.25) is 14.5 Å². The first kappa shape index (κ1) is 37.3. The van der Waals surface area contributed by atoms with Crippen LogP contribution in [-0.4, -0.2) is 64.5 Å². The summed E-state index contributed by atoms with van der Waals surface area (Å²) < 4.78 is 44.2. The molecule has 3 heterocycles. The van der Waals surface area contributed by atoms with E-state index in [1.54, 1.807) is 6.07 Å². The number of imidazole rings is 1. The van der Waals surface area contributed by atoms with E-state index in [1.165, 1.54) is 50.7 Å². The van der Waals surface area contributed by atoms with E-state index in [4.69, 9.17) is 25.7 Å². The highest BCUT2D eigenvalue weighted by Gasteiger charge is 2.53. The van der Waals surface area contributed by atoms with Gasteiger partial charge < -0.3 is 23.8 Å². The van der Waals surface area contributed by atoms with Crippen molar-refractivity contribution in [3.8, 4) is 28.3 Å². The first-order chi connectivity index (χ1) is 26.5. The number of aldehydes is 1. The summed E-state index contributed by atoms with van der Waals surface area (Å²) in [7, 11) is 1.90. The van der Waals surface area contributed by atoms with Crippen molar-refractivity contribution in [1.29, 1.82) is 0 Å². The molecule has 1 aliphatic heterocycles. The topological polar surface area (TPSA) is 112 Å². The van der Waals surface area contributed by atoms with Crippen molar-refractivity contribution < 1.29 is 32.3 Å². The molecule has 288 valence electrons. The molecule has 3 aliphatic rings. The maximum absolute atomic E-state index is 13.8. The number of carbonyl (C=O) groups is 2. The number of fused-ring (bicyclic) bond motifs is 4.